The monoisotopic (exact) mass is 292 g/mol. The molecule has 1 fully saturated rings. The molecular weight excluding hydrogens is 264 g/mol. The highest BCUT2D eigenvalue weighted by Gasteiger charge is 2.14. The van der Waals surface area contributed by atoms with Gasteiger partial charge in [-0.15, -0.1) is 0 Å². The summed E-state index contributed by atoms with van der Waals surface area (Å²) in [5.74, 6) is 1.92. The van der Waals surface area contributed by atoms with Gasteiger partial charge in [0.25, 0.3) is 0 Å². The SMILES string of the molecule is CCC(CC)c1cc(CN=C(N)N2CCCCCC2)on1. The van der Waals surface area contributed by atoms with E-state index in [0.717, 1.165) is 37.4 Å². The smallest absolute Gasteiger partial charge is 0.191 e. The molecular formula is C16H28N4O. The first kappa shape index (κ1) is 15.9. The van der Waals surface area contributed by atoms with Gasteiger partial charge in [-0.3, -0.25) is 0 Å². The second-order valence-corrected chi connectivity index (χ2v) is 5.81. The van der Waals surface area contributed by atoms with Crippen LogP contribution in [0.25, 0.3) is 0 Å². The van der Waals surface area contributed by atoms with Gasteiger partial charge < -0.3 is 15.2 Å². The third kappa shape index (κ3) is 4.48. The first-order chi connectivity index (χ1) is 10.2. The van der Waals surface area contributed by atoms with Crippen molar-refractivity contribution in [2.45, 2.75) is 64.8 Å². The Morgan fingerprint density at radius 2 is 1.95 bits per heavy atom. The van der Waals surface area contributed by atoms with Gasteiger partial charge in [-0.2, -0.15) is 0 Å². The van der Waals surface area contributed by atoms with E-state index in [9.17, 15) is 0 Å². The van der Waals surface area contributed by atoms with Crippen molar-refractivity contribution in [3.05, 3.63) is 17.5 Å². The summed E-state index contributed by atoms with van der Waals surface area (Å²) >= 11 is 0. The molecule has 1 aliphatic heterocycles. The van der Waals surface area contributed by atoms with E-state index in [1.807, 2.05) is 6.07 Å². The molecule has 0 aromatic carbocycles. The fourth-order valence-electron chi connectivity index (χ4n) is 2.86. The van der Waals surface area contributed by atoms with Crippen LogP contribution in [0.5, 0.6) is 0 Å². The molecule has 0 amide bonds. The molecule has 1 saturated heterocycles. The number of nitrogens with zero attached hydrogens (tertiary/aromatic N) is 3. The van der Waals surface area contributed by atoms with Crippen molar-refractivity contribution in [2.24, 2.45) is 10.7 Å². The van der Waals surface area contributed by atoms with E-state index in [1.54, 1.807) is 0 Å². The summed E-state index contributed by atoms with van der Waals surface area (Å²) in [4.78, 5) is 6.66. The minimum absolute atomic E-state index is 0.481. The Balaban J connectivity index is 1.93. The van der Waals surface area contributed by atoms with Crippen LogP contribution in [0.2, 0.25) is 0 Å². The topological polar surface area (TPSA) is 67.7 Å². The molecule has 0 atom stereocenters. The molecule has 118 valence electrons. The number of nitrogens with two attached hydrogens (primary N) is 1. The molecule has 1 aromatic rings. The number of hydrogen-bond acceptors (Lipinski definition) is 3. The molecule has 0 spiro atoms. The number of rotatable bonds is 5. The molecule has 0 unspecified atom stereocenters. The molecule has 2 rings (SSSR count). The molecule has 0 aliphatic carbocycles. The summed E-state index contributed by atoms with van der Waals surface area (Å²) in [6, 6.07) is 2.02. The summed E-state index contributed by atoms with van der Waals surface area (Å²) in [5.41, 5.74) is 7.14. The lowest BCUT2D eigenvalue weighted by Gasteiger charge is -2.20. The molecule has 5 nitrogen and oxygen atoms in total. The Labute approximate surface area is 127 Å². The minimum atomic E-state index is 0.481. The van der Waals surface area contributed by atoms with Crippen LogP contribution >= 0.6 is 0 Å². The maximum atomic E-state index is 6.10. The van der Waals surface area contributed by atoms with Crippen LogP contribution in [0.4, 0.5) is 0 Å². The van der Waals surface area contributed by atoms with Crippen molar-refractivity contribution >= 4 is 5.96 Å². The van der Waals surface area contributed by atoms with E-state index < -0.39 is 0 Å². The van der Waals surface area contributed by atoms with Crippen molar-refractivity contribution in [1.82, 2.24) is 10.1 Å². The lowest BCUT2D eigenvalue weighted by atomic mass is 9.99. The molecule has 5 heteroatoms. The molecule has 21 heavy (non-hydrogen) atoms. The van der Waals surface area contributed by atoms with Crippen molar-refractivity contribution in [3.8, 4) is 0 Å². The maximum absolute atomic E-state index is 6.10. The van der Waals surface area contributed by atoms with Crippen LogP contribution in [0, 0.1) is 0 Å². The first-order valence-electron chi connectivity index (χ1n) is 8.25. The summed E-state index contributed by atoms with van der Waals surface area (Å²) in [5, 5.41) is 4.16. The van der Waals surface area contributed by atoms with Gasteiger partial charge in [-0.05, 0) is 25.7 Å². The van der Waals surface area contributed by atoms with Gasteiger partial charge in [-0.1, -0.05) is 31.8 Å². The molecule has 2 N–H and O–H groups in total. The van der Waals surface area contributed by atoms with Crippen molar-refractivity contribution < 1.29 is 4.52 Å². The van der Waals surface area contributed by atoms with E-state index in [1.165, 1.54) is 25.7 Å². The van der Waals surface area contributed by atoms with Gasteiger partial charge in [-0.25, -0.2) is 4.99 Å². The second-order valence-electron chi connectivity index (χ2n) is 5.81. The van der Waals surface area contributed by atoms with E-state index in [-0.39, 0.29) is 0 Å². The third-order valence-electron chi connectivity index (χ3n) is 4.31. The maximum Gasteiger partial charge on any atom is 0.191 e. The number of likely N-dealkylation sites (tertiary alicyclic amines) is 1. The van der Waals surface area contributed by atoms with Crippen LogP contribution in [-0.2, 0) is 6.54 Å². The lowest BCUT2D eigenvalue weighted by Crippen LogP contribution is -2.38. The third-order valence-corrected chi connectivity index (χ3v) is 4.31. The summed E-state index contributed by atoms with van der Waals surface area (Å²) in [6.45, 7) is 6.88. The summed E-state index contributed by atoms with van der Waals surface area (Å²) in [6.07, 6.45) is 7.17. The fourth-order valence-corrected chi connectivity index (χ4v) is 2.86. The van der Waals surface area contributed by atoms with Crippen molar-refractivity contribution in [3.63, 3.8) is 0 Å². The molecule has 0 saturated carbocycles. The predicted octanol–water partition coefficient (Wildman–Crippen LogP) is 3.27. The molecule has 2 heterocycles. The molecule has 0 bridgehead atoms. The Kier molecular flexibility index (Phi) is 6.08. The van der Waals surface area contributed by atoms with Crippen molar-refractivity contribution in [2.75, 3.05) is 13.1 Å². The largest absolute Gasteiger partial charge is 0.370 e. The van der Waals surface area contributed by atoms with Gasteiger partial charge in [0.1, 0.15) is 6.54 Å². The zero-order valence-electron chi connectivity index (χ0n) is 13.3. The number of aromatic nitrogens is 1. The highest BCUT2D eigenvalue weighted by atomic mass is 16.5. The van der Waals surface area contributed by atoms with E-state index in [0.29, 0.717) is 18.4 Å². The summed E-state index contributed by atoms with van der Waals surface area (Å²) in [7, 11) is 0. The van der Waals surface area contributed by atoms with Gasteiger partial charge in [0.15, 0.2) is 11.7 Å². The van der Waals surface area contributed by atoms with Crippen LogP contribution in [0.3, 0.4) is 0 Å². The average Bonchev–Trinajstić information content (AvgIpc) is 2.79. The van der Waals surface area contributed by atoms with E-state index in [2.05, 4.69) is 28.9 Å². The Morgan fingerprint density at radius 1 is 1.29 bits per heavy atom. The van der Waals surface area contributed by atoms with Crippen molar-refractivity contribution in [1.29, 1.82) is 0 Å². The number of guanidine groups is 1. The molecule has 0 radical (unpaired) electrons. The molecule has 1 aliphatic rings. The number of aliphatic imine (C=N–C) groups is 1. The van der Waals surface area contributed by atoms with Crippen LogP contribution in [0.15, 0.2) is 15.6 Å². The van der Waals surface area contributed by atoms with Crippen LogP contribution in [-0.4, -0.2) is 29.1 Å². The first-order valence-corrected chi connectivity index (χ1v) is 8.25. The zero-order valence-corrected chi connectivity index (χ0v) is 13.3. The normalized spacial score (nSPS) is 17.3. The minimum Gasteiger partial charge on any atom is -0.370 e. The average molecular weight is 292 g/mol. The summed E-state index contributed by atoms with van der Waals surface area (Å²) < 4.78 is 5.38. The lowest BCUT2D eigenvalue weighted by molar-refractivity contribution is 0.370. The Morgan fingerprint density at radius 3 is 2.57 bits per heavy atom. The Hall–Kier alpha value is -1.52. The zero-order chi connectivity index (χ0) is 15.1. The van der Waals surface area contributed by atoms with Gasteiger partial charge in [0, 0.05) is 25.1 Å². The van der Waals surface area contributed by atoms with Crippen LogP contribution < -0.4 is 5.73 Å². The quantitative estimate of drug-likeness (QED) is 0.668. The predicted molar refractivity (Wildman–Crippen MR) is 85.2 cm³/mol. The van der Waals surface area contributed by atoms with Crippen LogP contribution in [0.1, 0.15) is 69.7 Å². The Bertz CT molecular complexity index is 443. The molecule has 1 aromatic heterocycles. The second kappa shape index (κ2) is 8.05. The standard InChI is InChI=1S/C16H28N4O/c1-3-13(4-2)15-11-14(21-19-15)12-18-16(17)20-9-7-5-6-8-10-20/h11,13H,3-10,12H2,1-2H3,(H2,17,18). The van der Waals surface area contributed by atoms with Gasteiger partial charge in [0.2, 0.25) is 0 Å². The fraction of sp³-hybridized carbons (Fsp3) is 0.750. The highest BCUT2D eigenvalue weighted by molar-refractivity contribution is 5.78. The highest BCUT2D eigenvalue weighted by Crippen LogP contribution is 2.22. The number of hydrogen-bond donors (Lipinski definition) is 1. The van der Waals surface area contributed by atoms with Gasteiger partial charge in [0.05, 0.1) is 5.69 Å². The van der Waals surface area contributed by atoms with Gasteiger partial charge >= 0.3 is 0 Å². The van der Waals surface area contributed by atoms with E-state index >= 15 is 0 Å². The van der Waals surface area contributed by atoms with E-state index in [4.69, 9.17) is 10.3 Å².